The van der Waals surface area contributed by atoms with Crippen LogP contribution in [0.4, 0.5) is 8.78 Å². The molecule has 0 aromatic carbocycles. The predicted octanol–water partition coefficient (Wildman–Crippen LogP) is 3.15. The van der Waals surface area contributed by atoms with Gasteiger partial charge in [0.15, 0.2) is 11.3 Å². The summed E-state index contributed by atoms with van der Waals surface area (Å²) in [6, 6.07) is 1.05. The van der Waals surface area contributed by atoms with E-state index in [1.807, 2.05) is 0 Å². The molecule has 0 spiro atoms. The maximum absolute atomic E-state index is 13.0. The number of hydrogen-bond donors (Lipinski definition) is 2. The third-order valence-corrected chi connectivity index (χ3v) is 6.66. The van der Waals surface area contributed by atoms with Crippen LogP contribution in [0.2, 0.25) is 0 Å². The van der Waals surface area contributed by atoms with Gasteiger partial charge in [0.05, 0.1) is 30.0 Å². The Morgan fingerprint density at radius 3 is 2.50 bits per heavy atom. The van der Waals surface area contributed by atoms with E-state index in [2.05, 4.69) is 30.3 Å². The van der Waals surface area contributed by atoms with Crippen LogP contribution >= 0.6 is 0 Å². The highest BCUT2D eigenvalue weighted by atomic mass is 19.3. The van der Waals surface area contributed by atoms with Gasteiger partial charge in [-0.1, -0.05) is 5.16 Å². The number of nitrogens with one attached hydrogen (secondary N) is 1. The quantitative estimate of drug-likeness (QED) is 0.457. The van der Waals surface area contributed by atoms with Crippen molar-refractivity contribution in [2.75, 3.05) is 0 Å². The summed E-state index contributed by atoms with van der Waals surface area (Å²) in [6.45, 7) is 1.63. The van der Waals surface area contributed by atoms with Crippen molar-refractivity contribution in [2.24, 2.45) is 17.8 Å². The zero-order valence-electron chi connectivity index (χ0n) is 18.4. The second kappa shape index (κ2) is 8.73. The van der Waals surface area contributed by atoms with Crippen molar-refractivity contribution in [3.8, 4) is 0 Å². The molecular formula is C22H24F2N6O4. The fraction of sp³-hybridized carbons (Fsp3) is 0.545. The number of amides is 1. The van der Waals surface area contributed by atoms with Gasteiger partial charge in [0.25, 0.3) is 5.91 Å². The summed E-state index contributed by atoms with van der Waals surface area (Å²) in [6.07, 6.45) is 3.73. The van der Waals surface area contributed by atoms with Crippen molar-refractivity contribution in [1.82, 2.24) is 30.2 Å². The zero-order valence-corrected chi connectivity index (χ0v) is 18.4. The Morgan fingerprint density at radius 2 is 1.94 bits per heavy atom. The average molecular weight is 474 g/mol. The molecule has 180 valence electrons. The Balaban J connectivity index is 1.49. The van der Waals surface area contributed by atoms with Gasteiger partial charge >= 0.3 is 5.97 Å². The summed E-state index contributed by atoms with van der Waals surface area (Å²) >= 11 is 0. The molecule has 3 aromatic rings. The van der Waals surface area contributed by atoms with Crippen LogP contribution in [0.5, 0.6) is 0 Å². The van der Waals surface area contributed by atoms with Crippen molar-refractivity contribution in [3.63, 3.8) is 0 Å². The zero-order chi connectivity index (χ0) is 24.0. The number of carbonyl (C=O) groups excluding carboxylic acids is 1. The number of aryl methyl sites for hydroxylation is 1. The van der Waals surface area contributed by atoms with Gasteiger partial charge in [0, 0.05) is 6.42 Å². The molecule has 34 heavy (non-hydrogen) atoms. The van der Waals surface area contributed by atoms with Gasteiger partial charge in [-0.15, -0.1) is 0 Å². The Labute approximate surface area is 192 Å². The first kappa shape index (κ1) is 22.4. The normalized spacial score (nSPS) is 17.9. The van der Waals surface area contributed by atoms with Crippen LogP contribution in [0.3, 0.4) is 0 Å². The Hall–Kier alpha value is -3.44. The number of halogens is 2. The van der Waals surface area contributed by atoms with Gasteiger partial charge in [-0.25, -0.2) is 22.9 Å². The van der Waals surface area contributed by atoms with Crippen molar-refractivity contribution in [1.29, 1.82) is 0 Å². The summed E-state index contributed by atoms with van der Waals surface area (Å²) in [7, 11) is 0. The van der Waals surface area contributed by atoms with Gasteiger partial charge in [-0.2, -0.15) is 5.10 Å². The fourth-order valence-electron chi connectivity index (χ4n) is 4.71. The van der Waals surface area contributed by atoms with Crippen molar-refractivity contribution in [3.05, 3.63) is 41.1 Å². The first-order valence-corrected chi connectivity index (χ1v) is 11.3. The number of nitrogens with zero attached hydrogens (tertiary/aromatic N) is 5. The van der Waals surface area contributed by atoms with Crippen LogP contribution < -0.4 is 5.32 Å². The lowest BCUT2D eigenvalue weighted by molar-refractivity contribution is -0.139. The molecule has 1 amide bonds. The third kappa shape index (κ3) is 4.48. The van der Waals surface area contributed by atoms with Crippen LogP contribution in [0.15, 0.2) is 23.1 Å². The van der Waals surface area contributed by atoms with Crippen LogP contribution in [-0.4, -0.2) is 48.3 Å². The number of hydrogen-bond acceptors (Lipinski definition) is 7. The number of aromatic nitrogens is 5. The minimum atomic E-state index is -2.76. The van der Waals surface area contributed by atoms with Crippen molar-refractivity contribution in [2.45, 2.75) is 57.4 Å². The van der Waals surface area contributed by atoms with E-state index >= 15 is 0 Å². The van der Waals surface area contributed by atoms with Crippen LogP contribution in [-0.2, 0) is 4.79 Å². The smallest absolute Gasteiger partial charge is 0.311 e. The molecule has 2 aliphatic carbocycles. The molecule has 0 saturated heterocycles. The molecule has 3 aromatic heterocycles. The lowest BCUT2D eigenvalue weighted by atomic mass is 9.87. The standard InChI is InChI=1S/C22H24F2N6O4/c1-10-19(29-34-28-10)21(31)27-20(18(11-2-3-11)12-4-5-12)15-9-30-17(26-15)6-13(8-25-30)14(22(32)33)7-16(23)24/h6,8-9,11-12,14,16,18,20H,2-5,7H2,1H3,(H,27,31)(H,32,33). The average Bonchev–Trinajstić information content (AvgIpc) is 3.72. The number of alkyl halides is 2. The molecule has 0 aliphatic heterocycles. The summed E-state index contributed by atoms with van der Waals surface area (Å²) in [5.41, 5.74) is 1.55. The number of carboxylic acids is 1. The minimum Gasteiger partial charge on any atom is -0.481 e. The highest BCUT2D eigenvalue weighted by molar-refractivity contribution is 5.93. The molecular weight excluding hydrogens is 450 g/mol. The molecule has 3 heterocycles. The molecule has 0 bridgehead atoms. The van der Waals surface area contributed by atoms with E-state index in [4.69, 9.17) is 0 Å². The Kier molecular flexibility index (Phi) is 5.74. The fourth-order valence-corrected chi connectivity index (χ4v) is 4.71. The lowest BCUT2D eigenvalue weighted by Gasteiger charge is -2.26. The maximum Gasteiger partial charge on any atom is 0.311 e. The van der Waals surface area contributed by atoms with E-state index in [0.29, 0.717) is 28.9 Å². The van der Waals surface area contributed by atoms with E-state index < -0.39 is 36.7 Å². The molecule has 2 unspecified atom stereocenters. The molecule has 10 nitrogen and oxygen atoms in total. The van der Waals surface area contributed by atoms with Gasteiger partial charge < -0.3 is 10.4 Å². The molecule has 0 radical (unpaired) electrons. The molecule has 2 atom stereocenters. The molecule has 2 aliphatic rings. The Bertz CT molecular complexity index is 1210. The van der Waals surface area contributed by atoms with E-state index in [0.717, 1.165) is 25.7 Å². The van der Waals surface area contributed by atoms with Gasteiger partial charge in [0.1, 0.15) is 5.69 Å². The number of fused-ring (bicyclic) bond motifs is 1. The van der Waals surface area contributed by atoms with E-state index in [1.54, 1.807) is 13.1 Å². The second-order valence-corrected chi connectivity index (χ2v) is 9.18. The summed E-state index contributed by atoms with van der Waals surface area (Å²) in [4.78, 5) is 29.2. The predicted molar refractivity (Wildman–Crippen MR) is 112 cm³/mol. The van der Waals surface area contributed by atoms with Gasteiger partial charge in [0.2, 0.25) is 6.43 Å². The van der Waals surface area contributed by atoms with Crippen molar-refractivity contribution >= 4 is 17.5 Å². The first-order chi connectivity index (χ1) is 16.3. The number of aliphatic carboxylic acids is 1. The molecule has 5 rings (SSSR count). The first-order valence-electron chi connectivity index (χ1n) is 11.3. The van der Waals surface area contributed by atoms with Crippen LogP contribution in [0, 0.1) is 24.7 Å². The summed E-state index contributed by atoms with van der Waals surface area (Å²) < 4.78 is 32.0. The molecule has 2 fully saturated rings. The highest BCUT2D eigenvalue weighted by Crippen LogP contribution is 2.54. The number of carboxylic acid groups (broad SMARTS) is 1. The molecule has 2 N–H and O–H groups in total. The summed E-state index contributed by atoms with van der Waals surface area (Å²) in [5.74, 6) is -2.00. The van der Waals surface area contributed by atoms with Crippen LogP contribution in [0.1, 0.15) is 71.5 Å². The van der Waals surface area contributed by atoms with E-state index in [-0.39, 0.29) is 17.2 Å². The second-order valence-electron chi connectivity index (χ2n) is 9.18. The topological polar surface area (TPSA) is 136 Å². The number of imidazole rings is 1. The minimum absolute atomic E-state index is 0.107. The molecule has 12 heteroatoms. The Morgan fingerprint density at radius 1 is 1.24 bits per heavy atom. The van der Waals surface area contributed by atoms with E-state index in [9.17, 15) is 23.5 Å². The molecule has 2 saturated carbocycles. The number of carbonyl (C=O) groups is 2. The van der Waals surface area contributed by atoms with E-state index in [1.165, 1.54) is 16.8 Å². The van der Waals surface area contributed by atoms with Crippen LogP contribution in [0.25, 0.3) is 5.65 Å². The third-order valence-electron chi connectivity index (χ3n) is 6.66. The van der Waals surface area contributed by atoms with Gasteiger partial charge in [-0.05, 0) is 67.1 Å². The monoisotopic (exact) mass is 474 g/mol. The maximum atomic E-state index is 13.0. The highest BCUT2D eigenvalue weighted by Gasteiger charge is 2.47. The number of rotatable bonds is 10. The summed E-state index contributed by atoms with van der Waals surface area (Å²) in [5, 5.41) is 24.1. The van der Waals surface area contributed by atoms with Crippen molar-refractivity contribution < 1.29 is 28.1 Å². The lowest BCUT2D eigenvalue weighted by Crippen LogP contribution is -2.36. The SMILES string of the molecule is Cc1nonc1C(=O)NC(c1cn2ncc(C(CC(F)F)C(=O)O)cc2n1)C(C1CC1)C1CC1. The van der Waals surface area contributed by atoms with Gasteiger partial charge in [-0.3, -0.25) is 9.59 Å². The largest absolute Gasteiger partial charge is 0.481 e.